The summed E-state index contributed by atoms with van der Waals surface area (Å²) in [6.07, 6.45) is -2.04. The third-order valence-corrected chi connectivity index (χ3v) is 6.52. The molecule has 7 nitrogen and oxygen atoms in total. The second-order valence-electron chi connectivity index (χ2n) is 8.79. The number of halogens is 5. The van der Waals surface area contributed by atoms with Gasteiger partial charge in [0, 0.05) is 17.7 Å². The molecule has 0 radical (unpaired) electrons. The van der Waals surface area contributed by atoms with Crippen molar-refractivity contribution < 1.29 is 31.5 Å². The lowest BCUT2D eigenvalue weighted by Crippen LogP contribution is -2.76. The lowest BCUT2D eigenvalue weighted by Gasteiger charge is -2.72. The Hall–Kier alpha value is -3.31. The quantitative estimate of drug-likeness (QED) is 0.564. The molecule has 0 saturated heterocycles. The predicted molar refractivity (Wildman–Crippen MR) is 105 cm³/mol. The standard InChI is InChI=1S/C21H20F5N5O2/c1-10(15-13(23)4-11(22)5-29-15)30-18(33)16(19-7-20(8-19,9-19)21(24,25)26)31-17(32)12-2-3-28-6-14(12)27/h2-6,10,16H,7-9,27H2,1H3,(H,30,33)(H,31,32)/t10-,16?,19?,20?/m0/s1. The van der Waals surface area contributed by atoms with Gasteiger partial charge in [-0.2, -0.15) is 13.2 Å². The SMILES string of the molecule is C[C@H](NC(=O)C(NC(=O)c1ccncc1N)C12CC(C(F)(F)F)(C1)C2)c1ncc(F)cc1F. The number of rotatable bonds is 6. The minimum Gasteiger partial charge on any atom is -0.397 e. The number of carbonyl (C=O) groups is 2. The molecule has 0 aliphatic heterocycles. The van der Waals surface area contributed by atoms with E-state index < -0.39 is 52.5 Å². The van der Waals surface area contributed by atoms with Gasteiger partial charge in [0.25, 0.3) is 5.91 Å². The third kappa shape index (κ3) is 3.76. The number of aromatic nitrogens is 2. The zero-order chi connectivity index (χ0) is 24.2. The molecule has 3 aliphatic carbocycles. The fraction of sp³-hybridized carbons (Fsp3) is 0.429. The first-order valence-electron chi connectivity index (χ1n) is 10.1. The van der Waals surface area contributed by atoms with E-state index in [1.807, 2.05) is 0 Å². The fourth-order valence-electron chi connectivity index (χ4n) is 4.90. The van der Waals surface area contributed by atoms with E-state index in [9.17, 15) is 31.5 Å². The Bertz CT molecular complexity index is 1100. The Morgan fingerprint density at radius 1 is 1.15 bits per heavy atom. The lowest BCUT2D eigenvalue weighted by atomic mass is 9.32. The Morgan fingerprint density at radius 2 is 1.82 bits per heavy atom. The highest BCUT2D eigenvalue weighted by Gasteiger charge is 2.81. The summed E-state index contributed by atoms with van der Waals surface area (Å²) in [5, 5.41) is 4.98. The summed E-state index contributed by atoms with van der Waals surface area (Å²) in [7, 11) is 0. The number of alkyl halides is 3. The van der Waals surface area contributed by atoms with Gasteiger partial charge < -0.3 is 16.4 Å². The van der Waals surface area contributed by atoms with E-state index in [1.165, 1.54) is 25.4 Å². The summed E-state index contributed by atoms with van der Waals surface area (Å²) in [6.45, 7) is 1.39. The summed E-state index contributed by atoms with van der Waals surface area (Å²) in [5.41, 5.74) is 2.59. The average Bonchev–Trinajstić information content (AvgIpc) is 2.64. The maximum absolute atomic E-state index is 14.1. The van der Waals surface area contributed by atoms with E-state index in [-0.39, 0.29) is 36.2 Å². The molecule has 3 fully saturated rings. The molecular formula is C21H20F5N5O2. The molecule has 1 unspecified atom stereocenters. The highest BCUT2D eigenvalue weighted by Crippen LogP contribution is 2.79. The van der Waals surface area contributed by atoms with E-state index in [0.717, 1.165) is 6.20 Å². The van der Waals surface area contributed by atoms with Gasteiger partial charge in [0.1, 0.15) is 17.7 Å². The van der Waals surface area contributed by atoms with Gasteiger partial charge in [-0.1, -0.05) is 0 Å². The Labute approximate surface area is 185 Å². The van der Waals surface area contributed by atoms with Crippen LogP contribution in [-0.2, 0) is 4.79 Å². The van der Waals surface area contributed by atoms with Crippen LogP contribution in [0.1, 0.15) is 48.3 Å². The number of carbonyl (C=O) groups excluding carboxylic acids is 2. The molecule has 2 bridgehead atoms. The Morgan fingerprint density at radius 3 is 2.39 bits per heavy atom. The van der Waals surface area contributed by atoms with Gasteiger partial charge in [-0.25, -0.2) is 8.78 Å². The minimum absolute atomic E-state index is 0.0132. The normalized spacial score (nSPS) is 25.3. The molecule has 3 saturated carbocycles. The molecule has 3 aliphatic rings. The van der Waals surface area contributed by atoms with Crippen LogP contribution in [0.3, 0.4) is 0 Å². The first-order valence-corrected chi connectivity index (χ1v) is 10.1. The van der Waals surface area contributed by atoms with Crippen molar-refractivity contribution in [3.8, 4) is 0 Å². The van der Waals surface area contributed by atoms with Crippen molar-refractivity contribution in [2.45, 2.75) is 44.4 Å². The second kappa shape index (κ2) is 7.63. The lowest BCUT2D eigenvalue weighted by molar-refractivity contribution is -0.366. The topological polar surface area (TPSA) is 110 Å². The van der Waals surface area contributed by atoms with Crippen LogP contribution in [0.2, 0.25) is 0 Å². The maximum Gasteiger partial charge on any atom is 0.394 e. The molecule has 33 heavy (non-hydrogen) atoms. The van der Waals surface area contributed by atoms with Gasteiger partial charge >= 0.3 is 6.18 Å². The zero-order valence-electron chi connectivity index (χ0n) is 17.3. The molecular weight excluding hydrogens is 449 g/mol. The Kier molecular flexibility index (Phi) is 5.29. The van der Waals surface area contributed by atoms with Crippen LogP contribution in [0.4, 0.5) is 27.6 Å². The molecule has 2 heterocycles. The number of nitrogens with one attached hydrogen (secondary N) is 2. The van der Waals surface area contributed by atoms with Crippen molar-refractivity contribution in [2.75, 3.05) is 5.73 Å². The van der Waals surface area contributed by atoms with Crippen LogP contribution >= 0.6 is 0 Å². The first kappa shape index (κ1) is 22.9. The number of amides is 2. The van der Waals surface area contributed by atoms with Crippen molar-refractivity contribution >= 4 is 17.5 Å². The molecule has 12 heteroatoms. The van der Waals surface area contributed by atoms with Gasteiger partial charge in [0.2, 0.25) is 5.91 Å². The van der Waals surface area contributed by atoms with E-state index in [2.05, 4.69) is 20.6 Å². The Balaban J connectivity index is 1.56. The monoisotopic (exact) mass is 469 g/mol. The third-order valence-electron chi connectivity index (χ3n) is 6.52. The summed E-state index contributed by atoms with van der Waals surface area (Å²) in [6, 6.07) is -0.440. The molecule has 4 N–H and O–H groups in total. The number of hydrogen-bond donors (Lipinski definition) is 3. The molecule has 2 aromatic rings. The van der Waals surface area contributed by atoms with Gasteiger partial charge in [0.15, 0.2) is 0 Å². The van der Waals surface area contributed by atoms with Crippen LogP contribution in [-0.4, -0.2) is 34.0 Å². The highest BCUT2D eigenvalue weighted by molar-refractivity contribution is 6.01. The summed E-state index contributed by atoms with van der Waals surface area (Å²) in [5.74, 6) is -3.44. The highest BCUT2D eigenvalue weighted by atomic mass is 19.4. The van der Waals surface area contributed by atoms with Gasteiger partial charge in [-0.3, -0.25) is 19.6 Å². The number of anilines is 1. The van der Waals surface area contributed by atoms with Crippen molar-refractivity contribution in [3.05, 3.63) is 53.6 Å². The van der Waals surface area contributed by atoms with Crippen molar-refractivity contribution in [1.29, 1.82) is 0 Å². The molecule has 2 amide bonds. The van der Waals surface area contributed by atoms with Gasteiger partial charge in [0.05, 0.1) is 40.8 Å². The molecule has 5 rings (SSSR count). The molecule has 0 aromatic carbocycles. The number of nitrogen functional groups attached to an aromatic ring is 1. The largest absolute Gasteiger partial charge is 0.397 e. The summed E-state index contributed by atoms with van der Waals surface area (Å²) < 4.78 is 67.3. The van der Waals surface area contributed by atoms with Gasteiger partial charge in [-0.15, -0.1) is 0 Å². The average molecular weight is 469 g/mol. The van der Waals surface area contributed by atoms with Crippen LogP contribution in [0, 0.1) is 22.5 Å². The summed E-state index contributed by atoms with van der Waals surface area (Å²) in [4.78, 5) is 33.3. The van der Waals surface area contributed by atoms with Gasteiger partial charge in [-0.05, 0) is 32.3 Å². The second-order valence-corrected chi connectivity index (χ2v) is 8.79. The van der Waals surface area contributed by atoms with E-state index in [0.29, 0.717) is 6.07 Å². The molecule has 2 aromatic heterocycles. The number of pyridine rings is 2. The number of hydrogen-bond acceptors (Lipinski definition) is 5. The van der Waals surface area contributed by atoms with E-state index in [4.69, 9.17) is 5.73 Å². The van der Waals surface area contributed by atoms with Crippen LogP contribution in [0.15, 0.2) is 30.7 Å². The molecule has 0 spiro atoms. The maximum atomic E-state index is 14.1. The molecule has 176 valence electrons. The van der Waals surface area contributed by atoms with Crippen molar-refractivity contribution in [3.63, 3.8) is 0 Å². The molecule has 2 atom stereocenters. The first-order chi connectivity index (χ1) is 15.4. The van der Waals surface area contributed by atoms with Crippen LogP contribution in [0.5, 0.6) is 0 Å². The van der Waals surface area contributed by atoms with E-state index in [1.54, 1.807) is 0 Å². The van der Waals surface area contributed by atoms with Crippen molar-refractivity contribution in [2.24, 2.45) is 10.8 Å². The number of nitrogens with zero attached hydrogens (tertiary/aromatic N) is 2. The van der Waals surface area contributed by atoms with Crippen molar-refractivity contribution in [1.82, 2.24) is 20.6 Å². The smallest absolute Gasteiger partial charge is 0.394 e. The minimum atomic E-state index is -4.41. The van der Waals surface area contributed by atoms with Crippen LogP contribution < -0.4 is 16.4 Å². The predicted octanol–water partition coefficient (Wildman–Crippen LogP) is 3.05. The zero-order valence-corrected chi connectivity index (χ0v) is 17.3. The fourth-order valence-corrected chi connectivity index (χ4v) is 4.90. The summed E-state index contributed by atoms with van der Waals surface area (Å²) >= 11 is 0. The van der Waals surface area contributed by atoms with E-state index >= 15 is 0 Å². The van der Waals surface area contributed by atoms with Crippen LogP contribution in [0.25, 0.3) is 0 Å². The number of nitrogens with two attached hydrogens (primary N) is 1.